The van der Waals surface area contributed by atoms with Gasteiger partial charge >= 0.3 is 5.97 Å². The molecular weight excluding hydrogens is 296 g/mol. The number of carbonyl (C=O) groups is 3. The Morgan fingerprint density at radius 3 is 2.65 bits per heavy atom. The summed E-state index contributed by atoms with van der Waals surface area (Å²) in [4.78, 5) is 35.6. The molecule has 23 heavy (non-hydrogen) atoms. The minimum atomic E-state index is -0.729. The van der Waals surface area contributed by atoms with Gasteiger partial charge in [0.25, 0.3) is 5.91 Å². The summed E-state index contributed by atoms with van der Waals surface area (Å²) >= 11 is 0. The van der Waals surface area contributed by atoms with Crippen molar-refractivity contribution in [2.24, 2.45) is 11.8 Å². The number of benzene rings is 1. The van der Waals surface area contributed by atoms with Crippen molar-refractivity contribution in [2.45, 2.75) is 33.2 Å². The van der Waals surface area contributed by atoms with Crippen LogP contribution in [0.4, 0.5) is 5.69 Å². The average Bonchev–Trinajstić information content (AvgIpc) is 3.24. The SMILES string of the molecule is CCOC(=O)[C@H](C)NC(=O)c1cccc(NC(=O)[C@H]2C[C@H]2C)c1. The quantitative estimate of drug-likeness (QED) is 0.785. The maximum Gasteiger partial charge on any atom is 0.328 e. The highest BCUT2D eigenvalue weighted by atomic mass is 16.5. The molecule has 1 saturated carbocycles. The zero-order chi connectivity index (χ0) is 17.0. The third-order valence-electron chi connectivity index (χ3n) is 3.83. The minimum Gasteiger partial charge on any atom is -0.464 e. The van der Waals surface area contributed by atoms with Crippen LogP contribution in [0.15, 0.2) is 24.3 Å². The highest BCUT2D eigenvalue weighted by molar-refractivity contribution is 5.99. The molecule has 2 rings (SSSR count). The van der Waals surface area contributed by atoms with Gasteiger partial charge in [0.2, 0.25) is 5.91 Å². The molecule has 2 N–H and O–H groups in total. The number of esters is 1. The molecule has 1 aliphatic carbocycles. The summed E-state index contributed by atoms with van der Waals surface area (Å²) in [5.41, 5.74) is 0.952. The molecule has 6 heteroatoms. The zero-order valence-electron chi connectivity index (χ0n) is 13.6. The second kappa shape index (κ2) is 7.26. The monoisotopic (exact) mass is 318 g/mol. The van der Waals surface area contributed by atoms with E-state index in [2.05, 4.69) is 10.6 Å². The van der Waals surface area contributed by atoms with Gasteiger partial charge in [0, 0.05) is 17.2 Å². The molecule has 3 atom stereocenters. The second-order valence-corrected chi connectivity index (χ2v) is 5.84. The summed E-state index contributed by atoms with van der Waals surface area (Å²) in [6, 6.07) is 5.92. The molecule has 1 fully saturated rings. The molecule has 1 aromatic carbocycles. The molecular formula is C17H22N2O4. The normalized spacial score (nSPS) is 20.3. The standard InChI is InChI=1S/C17H22N2O4/c1-4-23-17(22)11(3)18-15(20)12-6-5-7-13(9-12)19-16(21)14-8-10(14)2/h5-7,9-11,14H,4,8H2,1-3H3,(H,18,20)(H,19,21)/t10-,11+,14+/m1/s1. The molecule has 0 bridgehead atoms. The lowest BCUT2D eigenvalue weighted by Crippen LogP contribution is -2.39. The van der Waals surface area contributed by atoms with Crippen LogP contribution in [0.3, 0.4) is 0 Å². The van der Waals surface area contributed by atoms with Gasteiger partial charge in [-0.1, -0.05) is 13.0 Å². The maximum absolute atomic E-state index is 12.2. The Balaban J connectivity index is 1.97. The summed E-state index contributed by atoms with van der Waals surface area (Å²) in [5, 5.41) is 5.39. The van der Waals surface area contributed by atoms with Crippen LogP contribution in [0, 0.1) is 11.8 Å². The highest BCUT2D eigenvalue weighted by Gasteiger charge is 2.39. The van der Waals surface area contributed by atoms with E-state index in [0.717, 1.165) is 6.42 Å². The Kier molecular flexibility index (Phi) is 5.36. The molecule has 0 aliphatic heterocycles. The van der Waals surface area contributed by atoms with Gasteiger partial charge in [0.1, 0.15) is 6.04 Å². The topological polar surface area (TPSA) is 84.5 Å². The van der Waals surface area contributed by atoms with Crippen molar-refractivity contribution in [3.05, 3.63) is 29.8 Å². The van der Waals surface area contributed by atoms with Crippen molar-refractivity contribution in [3.63, 3.8) is 0 Å². The van der Waals surface area contributed by atoms with Crippen molar-refractivity contribution < 1.29 is 19.1 Å². The van der Waals surface area contributed by atoms with Gasteiger partial charge in [-0.2, -0.15) is 0 Å². The first-order valence-corrected chi connectivity index (χ1v) is 7.80. The van der Waals surface area contributed by atoms with Crippen LogP contribution >= 0.6 is 0 Å². The Hall–Kier alpha value is -2.37. The predicted molar refractivity (Wildman–Crippen MR) is 85.9 cm³/mol. The van der Waals surface area contributed by atoms with Gasteiger partial charge in [-0.05, 0) is 44.4 Å². The van der Waals surface area contributed by atoms with E-state index in [0.29, 0.717) is 17.2 Å². The maximum atomic E-state index is 12.2. The first kappa shape index (κ1) is 17.0. The van der Waals surface area contributed by atoms with E-state index >= 15 is 0 Å². The van der Waals surface area contributed by atoms with Gasteiger partial charge in [-0.25, -0.2) is 4.79 Å². The van der Waals surface area contributed by atoms with Gasteiger partial charge in [-0.15, -0.1) is 0 Å². The van der Waals surface area contributed by atoms with E-state index in [1.807, 2.05) is 6.92 Å². The van der Waals surface area contributed by atoms with Crippen molar-refractivity contribution in [3.8, 4) is 0 Å². The minimum absolute atomic E-state index is 0.0186. The lowest BCUT2D eigenvalue weighted by Gasteiger charge is -2.13. The molecule has 0 heterocycles. The zero-order valence-corrected chi connectivity index (χ0v) is 13.6. The number of ether oxygens (including phenoxy) is 1. The third-order valence-corrected chi connectivity index (χ3v) is 3.83. The Morgan fingerprint density at radius 1 is 1.35 bits per heavy atom. The first-order valence-electron chi connectivity index (χ1n) is 7.80. The fourth-order valence-electron chi connectivity index (χ4n) is 2.27. The van der Waals surface area contributed by atoms with Gasteiger partial charge in [0.15, 0.2) is 0 Å². The average molecular weight is 318 g/mol. The molecule has 0 aromatic heterocycles. The molecule has 0 saturated heterocycles. The van der Waals surface area contributed by atoms with Gasteiger partial charge in [0.05, 0.1) is 6.61 Å². The van der Waals surface area contributed by atoms with Crippen LogP contribution in [-0.4, -0.2) is 30.4 Å². The second-order valence-electron chi connectivity index (χ2n) is 5.84. The van der Waals surface area contributed by atoms with Crippen molar-refractivity contribution in [1.29, 1.82) is 0 Å². The van der Waals surface area contributed by atoms with Crippen LogP contribution in [0.25, 0.3) is 0 Å². The number of hydrogen-bond acceptors (Lipinski definition) is 4. The number of amides is 2. The van der Waals surface area contributed by atoms with Gasteiger partial charge in [-0.3, -0.25) is 9.59 Å². The van der Waals surface area contributed by atoms with E-state index in [1.165, 1.54) is 0 Å². The van der Waals surface area contributed by atoms with E-state index < -0.39 is 12.0 Å². The number of nitrogens with one attached hydrogen (secondary N) is 2. The molecule has 1 aromatic rings. The van der Waals surface area contributed by atoms with Crippen LogP contribution in [0.1, 0.15) is 37.6 Å². The first-order chi connectivity index (χ1) is 10.9. The predicted octanol–water partition coefficient (Wildman–Crippen LogP) is 1.96. The van der Waals surface area contributed by atoms with Crippen LogP contribution < -0.4 is 10.6 Å². The lowest BCUT2D eigenvalue weighted by atomic mass is 10.1. The van der Waals surface area contributed by atoms with Crippen molar-refractivity contribution >= 4 is 23.5 Å². The number of carbonyl (C=O) groups excluding carboxylic acids is 3. The van der Waals surface area contributed by atoms with E-state index in [-0.39, 0.29) is 24.3 Å². The van der Waals surface area contributed by atoms with Crippen LogP contribution in [0.2, 0.25) is 0 Å². The Bertz CT molecular complexity index is 614. The number of anilines is 1. The molecule has 1 aliphatic rings. The smallest absolute Gasteiger partial charge is 0.328 e. The summed E-state index contributed by atoms with van der Waals surface area (Å²) in [6.45, 7) is 5.57. The van der Waals surface area contributed by atoms with Crippen LogP contribution in [0.5, 0.6) is 0 Å². The molecule has 0 unspecified atom stereocenters. The molecule has 0 radical (unpaired) electrons. The molecule has 2 amide bonds. The summed E-state index contributed by atoms with van der Waals surface area (Å²) in [5.74, 6) is -0.396. The summed E-state index contributed by atoms with van der Waals surface area (Å²) < 4.78 is 4.85. The Morgan fingerprint density at radius 2 is 2.04 bits per heavy atom. The highest BCUT2D eigenvalue weighted by Crippen LogP contribution is 2.38. The number of hydrogen-bond donors (Lipinski definition) is 2. The molecule has 6 nitrogen and oxygen atoms in total. The van der Waals surface area contributed by atoms with Crippen molar-refractivity contribution in [1.82, 2.24) is 5.32 Å². The third kappa shape index (κ3) is 4.55. The fourth-order valence-corrected chi connectivity index (χ4v) is 2.27. The summed E-state index contributed by atoms with van der Waals surface area (Å²) in [7, 11) is 0. The van der Waals surface area contributed by atoms with Gasteiger partial charge < -0.3 is 15.4 Å². The fraction of sp³-hybridized carbons (Fsp3) is 0.471. The van der Waals surface area contributed by atoms with E-state index in [4.69, 9.17) is 4.74 Å². The van der Waals surface area contributed by atoms with E-state index in [9.17, 15) is 14.4 Å². The summed E-state index contributed by atoms with van der Waals surface area (Å²) in [6.07, 6.45) is 0.906. The van der Waals surface area contributed by atoms with Crippen LogP contribution in [-0.2, 0) is 14.3 Å². The lowest BCUT2D eigenvalue weighted by molar-refractivity contribution is -0.144. The number of rotatable bonds is 6. The van der Waals surface area contributed by atoms with E-state index in [1.54, 1.807) is 38.1 Å². The molecule has 0 spiro atoms. The van der Waals surface area contributed by atoms with Crippen molar-refractivity contribution in [2.75, 3.05) is 11.9 Å². The largest absolute Gasteiger partial charge is 0.464 e. The Labute approximate surface area is 135 Å². The molecule has 124 valence electrons.